The van der Waals surface area contributed by atoms with E-state index in [2.05, 4.69) is 74.1 Å². The minimum Gasteiger partial charge on any atom is -0.375 e. The predicted molar refractivity (Wildman–Crippen MR) is 96.6 cm³/mol. The van der Waals surface area contributed by atoms with Crippen LogP contribution >= 0.6 is 0 Å². The van der Waals surface area contributed by atoms with Crippen molar-refractivity contribution in [3.63, 3.8) is 0 Å². The lowest BCUT2D eigenvalue weighted by Crippen LogP contribution is -2.33. The molecule has 0 radical (unpaired) electrons. The summed E-state index contributed by atoms with van der Waals surface area (Å²) in [6.45, 7) is 16.5. The molecule has 0 fully saturated rings. The van der Waals surface area contributed by atoms with Gasteiger partial charge in [-0.25, -0.2) is 0 Å². The summed E-state index contributed by atoms with van der Waals surface area (Å²) in [5.74, 6) is 0. The molecule has 0 spiro atoms. The zero-order valence-electron chi connectivity index (χ0n) is 15.0. The highest BCUT2D eigenvalue weighted by Crippen LogP contribution is 2.05. The van der Waals surface area contributed by atoms with Crippen LogP contribution in [0.5, 0.6) is 0 Å². The van der Waals surface area contributed by atoms with Crippen molar-refractivity contribution < 1.29 is 0 Å². The van der Waals surface area contributed by atoms with Gasteiger partial charge in [0.15, 0.2) is 0 Å². The van der Waals surface area contributed by atoms with Crippen molar-refractivity contribution in [1.82, 2.24) is 9.80 Å². The third-order valence-electron chi connectivity index (χ3n) is 3.56. The molecule has 2 nitrogen and oxygen atoms in total. The molecule has 0 saturated carbocycles. The Bertz CT molecular complexity index is 314. The molecule has 0 amide bonds. The molecule has 2 heterocycles. The number of hydrogen-bond acceptors (Lipinski definition) is 2. The Hall–Kier alpha value is -1.02. The van der Waals surface area contributed by atoms with Crippen LogP contribution in [0.4, 0.5) is 0 Å². The van der Waals surface area contributed by atoms with Crippen LogP contribution in [0, 0.1) is 0 Å². The van der Waals surface area contributed by atoms with E-state index in [1.165, 1.54) is 19.4 Å². The molecular formula is C19H36N2. The van der Waals surface area contributed by atoms with Crippen LogP contribution in [-0.2, 0) is 0 Å². The van der Waals surface area contributed by atoms with Gasteiger partial charge in [-0.1, -0.05) is 38.2 Å². The summed E-state index contributed by atoms with van der Waals surface area (Å²) in [5, 5.41) is 0. The zero-order valence-corrected chi connectivity index (χ0v) is 15.0. The van der Waals surface area contributed by atoms with Gasteiger partial charge in [-0.2, -0.15) is 0 Å². The predicted octanol–water partition coefficient (Wildman–Crippen LogP) is 4.85. The lowest BCUT2D eigenvalue weighted by molar-refractivity contribution is 0.243. The van der Waals surface area contributed by atoms with Gasteiger partial charge in [-0.3, -0.25) is 4.90 Å². The molecule has 0 atom stereocenters. The van der Waals surface area contributed by atoms with Crippen LogP contribution in [0.2, 0.25) is 0 Å². The third-order valence-corrected chi connectivity index (χ3v) is 3.56. The first-order valence-corrected chi connectivity index (χ1v) is 8.59. The van der Waals surface area contributed by atoms with Gasteiger partial charge in [0.1, 0.15) is 0 Å². The first kappa shape index (κ1) is 20.0. The molecule has 0 aromatic rings. The molecule has 0 unspecified atom stereocenters. The van der Waals surface area contributed by atoms with Crippen molar-refractivity contribution in [3.05, 3.63) is 36.6 Å². The van der Waals surface area contributed by atoms with Crippen LogP contribution in [-0.4, -0.2) is 41.5 Å². The van der Waals surface area contributed by atoms with E-state index < -0.39 is 0 Å². The summed E-state index contributed by atoms with van der Waals surface area (Å²) in [7, 11) is 0. The topological polar surface area (TPSA) is 6.48 Å². The fraction of sp³-hybridized carbons (Fsp3) is 0.684. The fourth-order valence-corrected chi connectivity index (χ4v) is 2.19. The Morgan fingerprint density at radius 2 is 1.43 bits per heavy atom. The van der Waals surface area contributed by atoms with Crippen LogP contribution in [0.1, 0.15) is 54.4 Å². The first-order valence-electron chi connectivity index (χ1n) is 8.59. The Labute approximate surface area is 133 Å². The van der Waals surface area contributed by atoms with Gasteiger partial charge in [-0.05, 0) is 52.8 Å². The summed E-state index contributed by atoms with van der Waals surface area (Å²) < 4.78 is 0. The molecule has 2 aliphatic heterocycles. The molecule has 21 heavy (non-hydrogen) atoms. The number of rotatable bonds is 2. The van der Waals surface area contributed by atoms with E-state index in [9.17, 15) is 0 Å². The molecule has 2 aliphatic rings. The van der Waals surface area contributed by atoms with Gasteiger partial charge >= 0.3 is 0 Å². The molecule has 0 aliphatic carbocycles. The van der Waals surface area contributed by atoms with Gasteiger partial charge in [0.05, 0.1) is 0 Å². The van der Waals surface area contributed by atoms with Gasteiger partial charge < -0.3 is 4.90 Å². The lowest BCUT2D eigenvalue weighted by atomic mass is 10.2. The molecule has 0 bridgehead atoms. The summed E-state index contributed by atoms with van der Waals surface area (Å²) in [4.78, 5) is 4.82. The fourth-order valence-electron chi connectivity index (χ4n) is 2.19. The Kier molecular flexibility index (Phi) is 12.1. The smallest absolute Gasteiger partial charge is 0.0227 e. The highest BCUT2D eigenvalue weighted by Gasteiger charge is 2.07. The second-order valence-corrected chi connectivity index (χ2v) is 5.74. The van der Waals surface area contributed by atoms with Crippen molar-refractivity contribution in [1.29, 1.82) is 0 Å². The van der Waals surface area contributed by atoms with Crippen molar-refractivity contribution in [3.8, 4) is 0 Å². The monoisotopic (exact) mass is 292 g/mol. The minimum absolute atomic E-state index is 0.635. The average molecular weight is 293 g/mol. The standard InChI is InChI=1S/C9H15N.C8H15N.C2H6/c1-9(2)10-7-5-3-4-6-8-10;1-8(2)9-6-4-3-5-7-9;1-2/h3-5,7,9H,6,8H2,1-2H3;3-4,8H,5-7H2,1-2H3;1-2H3. The largest absolute Gasteiger partial charge is 0.375 e. The SMILES string of the molecule is CC.CC(C)N1C=CC=CCC1.CC(C)N1CC=CCC1. The van der Waals surface area contributed by atoms with E-state index in [-0.39, 0.29) is 0 Å². The summed E-state index contributed by atoms with van der Waals surface area (Å²) in [6, 6.07) is 1.35. The van der Waals surface area contributed by atoms with E-state index in [1.807, 2.05) is 13.8 Å². The third kappa shape index (κ3) is 9.52. The Balaban J connectivity index is 0.000000342. The minimum atomic E-state index is 0.635. The van der Waals surface area contributed by atoms with Crippen molar-refractivity contribution in [2.75, 3.05) is 19.6 Å². The molecule has 2 heteroatoms. The zero-order chi connectivity index (χ0) is 16.1. The molecule has 122 valence electrons. The Morgan fingerprint density at radius 1 is 0.762 bits per heavy atom. The summed E-state index contributed by atoms with van der Waals surface area (Å²) >= 11 is 0. The van der Waals surface area contributed by atoms with Gasteiger partial charge in [0.2, 0.25) is 0 Å². The van der Waals surface area contributed by atoms with E-state index >= 15 is 0 Å². The number of hydrogen-bond donors (Lipinski definition) is 0. The molecule has 0 aromatic heterocycles. The van der Waals surface area contributed by atoms with E-state index in [4.69, 9.17) is 0 Å². The normalized spacial score (nSPS) is 18.0. The Morgan fingerprint density at radius 3 is 1.90 bits per heavy atom. The number of nitrogens with zero attached hydrogens (tertiary/aromatic N) is 2. The lowest BCUT2D eigenvalue weighted by Gasteiger charge is -2.26. The number of allylic oxidation sites excluding steroid dienone is 2. The van der Waals surface area contributed by atoms with Gasteiger partial charge in [0, 0.05) is 31.7 Å². The second-order valence-electron chi connectivity index (χ2n) is 5.74. The second kappa shape index (κ2) is 12.7. The van der Waals surface area contributed by atoms with E-state index in [0.717, 1.165) is 19.1 Å². The van der Waals surface area contributed by atoms with Gasteiger partial charge in [0.25, 0.3) is 0 Å². The van der Waals surface area contributed by atoms with Gasteiger partial charge in [-0.15, -0.1) is 0 Å². The molecule has 2 rings (SSSR count). The highest BCUT2D eigenvalue weighted by molar-refractivity contribution is 5.05. The molecule has 0 saturated heterocycles. The summed E-state index contributed by atoms with van der Waals surface area (Å²) in [5.41, 5.74) is 0. The van der Waals surface area contributed by atoms with Crippen LogP contribution in [0.25, 0.3) is 0 Å². The maximum Gasteiger partial charge on any atom is 0.0227 e. The van der Waals surface area contributed by atoms with Crippen molar-refractivity contribution >= 4 is 0 Å². The van der Waals surface area contributed by atoms with Crippen LogP contribution < -0.4 is 0 Å². The van der Waals surface area contributed by atoms with E-state index in [1.54, 1.807) is 0 Å². The first-order chi connectivity index (χ1) is 10.1. The van der Waals surface area contributed by atoms with Crippen molar-refractivity contribution in [2.24, 2.45) is 0 Å². The van der Waals surface area contributed by atoms with Crippen molar-refractivity contribution in [2.45, 2.75) is 66.5 Å². The summed E-state index contributed by atoms with van der Waals surface area (Å²) in [6.07, 6.45) is 15.5. The molecule has 0 aromatic carbocycles. The molecule has 0 N–H and O–H groups in total. The van der Waals surface area contributed by atoms with Crippen LogP contribution in [0.15, 0.2) is 36.6 Å². The van der Waals surface area contributed by atoms with Crippen LogP contribution in [0.3, 0.4) is 0 Å². The maximum absolute atomic E-state index is 2.47. The van der Waals surface area contributed by atoms with E-state index in [0.29, 0.717) is 6.04 Å². The average Bonchev–Trinajstić information content (AvgIpc) is 2.80. The quantitative estimate of drug-likeness (QED) is 0.671. The molecular weight excluding hydrogens is 256 g/mol. The maximum atomic E-state index is 2.47. The highest BCUT2D eigenvalue weighted by atomic mass is 15.1.